The van der Waals surface area contributed by atoms with Crippen LogP contribution in [0.5, 0.6) is 34.8 Å². The summed E-state index contributed by atoms with van der Waals surface area (Å²) >= 11 is 0. The van der Waals surface area contributed by atoms with E-state index in [-0.39, 0.29) is 23.1 Å². The summed E-state index contributed by atoms with van der Waals surface area (Å²) in [6.07, 6.45) is 1.50. The number of para-hydroxylation sites is 2. The van der Waals surface area contributed by atoms with Gasteiger partial charge in [-0.05, 0) is 63.1 Å². The lowest BCUT2D eigenvalue weighted by atomic mass is 10.0. The Kier molecular flexibility index (Phi) is 11.5. The third-order valence-corrected chi connectivity index (χ3v) is 8.30. The van der Waals surface area contributed by atoms with E-state index in [1.165, 1.54) is 9.36 Å². The highest BCUT2D eigenvalue weighted by Gasteiger charge is 2.22. The number of nitrogens with zero attached hydrogens (tertiary/aromatic N) is 8. The normalized spacial score (nSPS) is 11.4. The zero-order valence-corrected chi connectivity index (χ0v) is 31.0. The van der Waals surface area contributed by atoms with E-state index in [0.29, 0.717) is 81.5 Å². The highest BCUT2D eigenvalue weighted by atomic mass is 16.5. The number of hydrogen-bond acceptors (Lipinski definition) is 12. The number of aromatic hydroxyl groups is 2. The molecule has 0 saturated carbocycles. The van der Waals surface area contributed by atoms with Crippen molar-refractivity contribution in [2.45, 2.75) is 40.5 Å². The minimum atomic E-state index is -0.140. The maximum absolute atomic E-state index is 11.0. The quantitative estimate of drug-likeness (QED) is 0.0986. The summed E-state index contributed by atoms with van der Waals surface area (Å²) in [5, 5.41) is 48.8. The fraction of sp³-hybridized carbons (Fsp3) is 0.250. The predicted octanol–water partition coefficient (Wildman–Crippen LogP) is 10.2. The summed E-state index contributed by atoms with van der Waals surface area (Å²) in [5.41, 5.74) is 4.86. The van der Waals surface area contributed by atoms with Gasteiger partial charge in [0.25, 0.3) is 0 Å². The number of aryl methyl sites for hydroxylation is 2. The van der Waals surface area contributed by atoms with Crippen molar-refractivity contribution in [3.05, 3.63) is 96.3 Å². The Hall–Kier alpha value is -6.70. The van der Waals surface area contributed by atoms with Crippen LogP contribution in [0.1, 0.15) is 38.1 Å². The van der Waals surface area contributed by atoms with Gasteiger partial charge in [0.2, 0.25) is 11.8 Å². The minimum Gasteiger partial charge on any atom is -0.496 e. The lowest BCUT2D eigenvalue weighted by Crippen LogP contribution is -1.99. The molecule has 0 atom stereocenters. The fourth-order valence-corrected chi connectivity index (χ4v) is 5.62. The summed E-state index contributed by atoms with van der Waals surface area (Å²) in [6.45, 7) is 8.35. The van der Waals surface area contributed by atoms with Crippen LogP contribution in [0.25, 0.3) is 22.5 Å². The van der Waals surface area contributed by atoms with Crippen molar-refractivity contribution in [2.75, 3.05) is 27.4 Å². The average molecular weight is 731 g/mol. The molecule has 2 aromatic heterocycles. The first-order valence-electron chi connectivity index (χ1n) is 17.5. The molecule has 0 aliphatic rings. The molecule has 0 aliphatic carbocycles. The van der Waals surface area contributed by atoms with Crippen LogP contribution in [-0.2, 0) is 0 Å². The molecule has 0 amide bonds. The summed E-state index contributed by atoms with van der Waals surface area (Å²) in [7, 11) is 3.11. The molecule has 6 rings (SSSR count). The summed E-state index contributed by atoms with van der Waals surface area (Å²) < 4.78 is 27.0. The van der Waals surface area contributed by atoms with Gasteiger partial charge in [-0.2, -0.15) is 19.6 Å². The molecule has 6 aromatic rings. The van der Waals surface area contributed by atoms with Crippen molar-refractivity contribution in [3.8, 4) is 57.3 Å². The van der Waals surface area contributed by atoms with Crippen molar-refractivity contribution < 1.29 is 29.2 Å². The molecule has 2 heterocycles. The van der Waals surface area contributed by atoms with Crippen LogP contribution < -0.4 is 18.9 Å². The van der Waals surface area contributed by atoms with E-state index in [2.05, 4.69) is 30.7 Å². The molecule has 0 radical (unpaired) electrons. The van der Waals surface area contributed by atoms with Crippen LogP contribution in [0.3, 0.4) is 0 Å². The number of azo groups is 2. The van der Waals surface area contributed by atoms with E-state index in [4.69, 9.17) is 18.9 Å². The fourth-order valence-electron chi connectivity index (χ4n) is 5.62. The van der Waals surface area contributed by atoms with E-state index in [0.717, 1.165) is 12.8 Å². The molecule has 4 aromatic carbocycles. The van der Waals surface area contributed by atoms with Crippen molar-refractivity contribution >= 4 is 22.7 Å². The van der Waals surface area contributed by atoms with Gasteiger partial charge in [-0.15, -0.1) is 20.5 Å². The molecule has 0 fully saturated rings. The average Bonchev–Trinajstić information content (AvgIpc) is 3.66. The first-order chi connectivity index (χ1) is 26.3. The van der Waals surface area contributed by atoms with Gasteiger partial charge in [-0.25, -0.2) is 0 Å². The third kappa shape index (κ3) is 7.72. The lowest BCUT2D eigenvalue weighted by molar-refractivity contribution is 0.317. The predicted molar refractivity (Wildman–Crippen MR) is 205 cm³/mol. The molecule has 0 unspecified atom stereocenters. The molecule has 0 saturated heterocycles. The highest BCUT2D eigenvalue weighted by molar-refractivity contribution is 5.83. The molecule has 14 heteroatoms. The van der Waals surface area contributed by atoms with Gasteiger partial charge in [0.05, 0.1) is 50.2 Å². The first kappa shape index (κ1) is 37.1. The molecule has 0 bridgehead atoms. The number of benzene rings is 4. The van der Waals surface area contributed by atoms with Gasteiger partial charge >= 0.3 is 0 Å². The van der Waals surface area contributed by atoms with Crippen LogP contribution in [0.4, 0.5) is 22.7 Å². The van der Waals surface area contributed by atoms with Crippen molar-refractivity contribution in [3.63, 3.8) is 0 Å². The van der Waals surface area contributed by atoms with Gasteiger partial charge in [0, 0.05) is 23.3 Å². The Morgan fingerprint density at radius 2 is 0.944 bits per heavy atom. The first-order valence-corrected chi connectivity index (χ1v) is 17.5. The Morgan fingerprint density at radius 3 is 1.30 bits per heavy atom. The summed E-state index contributed by atoms with van der Waals surface area (Å²) in [4.78, 5) is 0. The van der Waals surface area contributed by atoms with Gasteiger partial charge < -0.3 is 29.2 Å². The van der Waals surface area contributed by atoms with Crippen LogP contribution in [0.15, 0.2) is 105 Å². The standard InChI is InChI=1S/C40H42N8O6/c1-7-19-53-35-21-29(33(51-5)23-31(35)41-43-37-25(3)45-47(39(37)49)27-15-11-9-12-16-27)30-22-36(54-20-8-2)32(24-34(30)52-6)42-44-38-26(4)46-48(40(38)50)28-17-13-10-14-18-28/h9-18,21-24,49-50H,7-8,19-20H2,1-6H3. The Morgan fingerprint density at radius 1 is 0.556 bits per heavy atom. The van der Waals surface area contributed by atoms with E-state index in [1.54, 1.807) is 40.2 Å². The number of methoxy groups -OCH3 is 2. The molecule has 0 aliphatic heterocycles. The molecule has 2 N–H and O–H groups in total. The smallest absolute Gasteiger partial charge is 0.243 e. The maximum atomic E-state index is 11.0. The number of rotatable bonds is 15. The van der Waals surface area contributed by atoms with Crippen molar-refractivity contribution in [1.29, 1.82) is 0 Å². The molecule has 14 nitrogen and oxygen atoms in total. The molecule has 278 valence electrons. The topological polar surface area (TPSA) is 162 Å². The summed E-state index contributed by atoms with van der Waals surface area (Å²) in [5.74, 6) is 1.51. The lowest BCUT2D eigenvalue weighted by Gasteiger charge is -2.18. The van der Waals surface area contributed by atoms with E-state index < -0.39 is 0 Å². The Bertz CT molecular complexity index is 2120. The molecule has 54 heavy (non-hydrogen) atoms. The van der Waals surface area contributed by atoms with Crippen LogP contribution in [-0.4, -0.2) is 57.2 Å². The van der Waals surface area contributed by atoms with Crippen molar-refractivity contribution in [1.82, 2.24) is 19.6 Å². The van der Waals surface area contributed by atoms with Crippen LogP contribution in [0.2, 0.25) is 0 Å². The second kappa shape index (κ2) is 16.8. The second-order valence-electron chi connectivity index (χ2n) is 12.1. The van der Waals surface area contributed by atoms with Crippen molar-refractivity contribution in [2.24, 2.45) is 20.5 Å². The van der Waals surface area contributed by atoms with Gasteiger partial charge in [0.1, 0.15) is 34.4 Å². The maximum Gasteiger partial charge on any atom is 0.243 e. The number of ether oxygens (including phenoxy) is 4. The SMILES string of the molecule is CCCOc1cc(-c2cc(OCCC)c(N=Nc3c(C)nn(-c4ccccc4)c3O)cc2OC)c(OC)cc1N=Nc1c(C)nn(-c2ccccc2)c1O. The zero-order chi connectivity index (χ0) is 38.2. The monoisotopic (exact) mass is 730 g/mol. The van der Waals surface area contributed by atoms with Gasteiger partial charge in [-0.1, -0.05) is 50.2 Å². The zero-order valence-electron chi connectivity index (χ0n) is 31.0. The largest absolute Gasteiger partial charge is 0.496 e. The van der Waals surface area contributed by atoms with Crippen LogP contribution >= 0.6 is 0 Å². The highest BCUT2D eigenvalue weighted by Crippen LogP contribution is 2.48. The third-order valence-electron chi connectivity index (χ3n) is 8.30. The van der Waals surface area contributed by atoms with E-state index in [9.17, 15) is 10.2 Å². The molecular weight excluding hydrogens is 688 g/mol. The second-order valence-corrected chi connectivity index (χ2v) is 12.1. The molecular formula is C40H42N8O6. The summed E-state index contributed by atoms with van der Waals surface area (Å²) in [6, 6.07) is 25.6. The number of aromatic nitrogens is 4. The van der Waals surface area contributed by atoms with E-state index >= 15 is 0 Å². The molecule has 0 spiro atoms. The van der Waals surface area contributed by atoms with Gasteiger partial charge in [-0.3, -0.25) is 0 Å². The Labute approximate surface area is 313 Å². The van der Waals surface area contributed by atoms with Crippen LogP contribution in [0, 0.1) is 13.8 Å². The van der Waals surface area contributed by atoms with Gasteiger partial charge in [0.15, 0.2) is 11.4 Å². The number of hydrogen-bond donors (Lipinski definition) is 2. The minimum absolute atomic E-state index is 0.140. The Balaban J connectivity index is 1.41. The van der Waals surface area contributed by atoms with E-state index in [1.807, 2.05) is 86.6 Å².